The molecule has 0 saturated carbocycles. The van der Waals surface area contributed by atoms with E-state index in [4.69, 9.17) is 0 Å². The summed E-state index contributed by atoms with van der Waals surface area (Å²) in [7, 11) is 0. The van der Waals surface area contributed by atoms with Crippen LogP contribution in [0.3, 0.4) is 0 Å². The molecular weight excluding hydrogens is 411 g/mol. The van der Waals surface area contributed by atoms with Crippen molar-refractivity contribution in [2.75, 3.05) is 0 Å². The maximum absolute atomic E-state index is 11.8. The summed E-state index contributed by atoms with van der Waals surface area (Å²) in [5.41, 5.74) is 0.720. The van der Waals surface area contributed by atoms with Gasteiger partial charge < -0.3 is 0 Å². The van der Waals surface area contributed by atoms with Gasteiger partial charge in [0.1, 0.15) is 0 Å². The third kappa shape index (κ3) is 3.76. The van der Waals surface area contributed by atoms with E-state index in [0.29, 0.717) is 0 Å². The summed E-state index contributed by atoms with van der Waals surface area (Å²) in [4.78, 5) is 12.9. The topological polar surface area (TPSA) is 17.1 Å². The lowest BCUT2D eigenvalue weighted by Crippen LogP contribution is -1.93. The van der Waals surface area contributed by atoms with Crippen LogP contribution in [-0.2, 0) is 0 Å². The zero-order valence-corrected chi connectivity index (χ0v) is 13.3. The van der Waals surface area contributed by atoms with Crippen molar-refractivity contribution in [2.24, 2.45) is 0 Å². The van der Waals surface area contributed by atoms with Crippen LogP contribution in [-0.4, -0.2) is 5.78 Å². The van der Waals surface area contributed by atoms with Gasteiger partial charge in [-0.05, 0) is 74.9 Å². The molecule has 0 aliphatic rings. The molecule has 17 heavy (non-hydrogen) atoms. The molecular formula is C13H8BrIOS. The van der Waals surface area contributed by atoms with E-state index in [-0.39, 0.29) is 5.78 Å². The first-order valence-electron chi connectivity index (χ1n) is 4.88. The number of benzene rings is 1. The molecule has 1 aromatic heterocycles. The first kappa shape index (κ1) is 13.0. The van der Waals surface area contributed by atoms with Crippen LogP contribution in [0.5, 0.6) is 0 Å². The zero-order valence-electron chi connectivity index (χ0n) is 8.69. The summed E-state index contributed by atoms with van der Waals surface area (Å²) >= 11 is 7.22. The fourth-order valence-electron chi connectivity index (χ4n) is 1.29. The van der Waals surface area contributed by atoms with Crippen LogP contribution >= 0.6 is 49.9 Å². The summed E-state index contributed by atoms with van der Waals surface area (Å²) in [6.45, 7) is 0. The molecule has 0 fully saturated rings. The van der Waals surface area contributed by atoms with Crippen molar-refractivity contribution in [1.29, 1.82) is 0 Å². The van der Waals surface area contributed by atoms with Crippen molar-refractivity contribution < 1.29 is 4.79 Å². The molecule has 0 bridgehead atoms. The highest BCUT2D eigenvalue weighted by Crippen LogP contribution is 2.23. The molecule has 2 aromatic rings. The number of hydrogen-bond acceptors (Lipinski definition) is 2. The minimum absolute atomic E-state index is 0.0333. The minimum Gasteiger partial charge on any atom is -0.289 e. The van der Waals surface area contributed by atoms with Crippen LogP contribution in [0.15, 0.2) is 46.3 Å². The third-order valence-electron chi connectivity index (χ3n) is 2.12. The molecule has 1 heterocycles. The largest absolute Gasteiger partial charge is 0.289 e. The average Bonchev–Trinajstić information content (AvgIpc) is 2.73. The first-order valence-corrected chi connectivity index (χ1v) is 7.57. The van der Waals surface area contributed by atoms with Crippen LogP contribution in [0.25, 0.3) is 6.08 Å². The lowest BCUT2D eigenvalue weighted by atomic mass is 10.1. The zero-order chi connectivity index (χ0) is 12.3. The van der Waals surface area contributed by atoms with Gasteiger partial charge in [-0.3, -0.25) is 4.79 Å². The van der Waals surface area contributed by atoms with E-state index in [1.807, 2.05) is 42.5 Å². The van der Waals surface area contributed by atoms with Crippen molar-refractivity contribution >= 4 is 61.7 Å². The van der Waals surface area contributed by atoms with Gasteiger partial charge in [0, 0.05) is 14.0 Å². The number of rotatable bonds is 3. The lowest BCUT2D eigenvalue weighted by Gasteiger charge is -1.95. The van der Waals surface area contributed by atoms with E-state index in [0.717, 1.165) is 17.8 Å². The van der Waals surface area contributed by atoms with Crippen LogP contribution in [0, 0.1) is 3.57 Å². The average molecular weight is 419 g/mol. The van der Waals surface area contributed by atoms with Gasteiger partial charge in [0.15, 0.2) is 5.78 Å². The lowest BCUT2D eigenvalue weighted by molar-refractivity contribution is 0.104. The highest BCUT2D eigenvalue weighted by molar-refractivity contribution is 14.1. The number of ketones is 1. The summed E-state index contributed by atoms with van der Waals surface area (Å²) < 4.78 is 2.20. The Morgan fingerprint density at radius 1 is 1.18 bits per heavy atom. The van der Waals surface area contributed by atoms with Gasteiger partial charge in [0.25, 0.3) is 0 Å². The quantitative estimate of drug-likeness (QED) is 0.389. The van der Waals surface area contributed by atoms with Gasteiger partial charge in [-0.25, -0.2) is 0 Å². The molecule has 4 heteroatoms. The van der Waals surface area contributed by atoms with Crippen LogP contribution < -0.4 is 0 Å². The molecule has 0 spiro atoms. The Bertz CT molecular complexity index is 557. The Kier molecular flexibility index (Phi) is 4.53. The highest BCUT2D eigenvalue weighted by atomic mass is 127. The molecule has 86 valence electrons. The van der Waals surface area contributed by atoms with E-state index in [1.165, 1.54) is 0 Å². The second kappa shape index (κ2) is 5.93. The van der Waals surface area contributed by atoms with E-state index >= 15 is 0 Å². The summed E-state index contributed by atoms with van der Waals surface area (Å²) in [6, 6.07) is 11.5. The number of allylic oxidation sites excluding steroid dienone is 1. The Hall–Kier alpha value is -0.460. The smallest absolute Gasteiger partial charge is 0.185 e. The molecule has 0 aliphatic carbocycles. The fraction of sp³-hybridized carbons (Fsp3) is 0. The predicted molar refractivity (Wildman–Crippen MR) is 84.5 cm³/mol. The van der Waals surface area contributed by atoms with E-state index in [1.54, 1.807) is 17.4 Å². The second-order valence-corrected chi connectivity index (χ2v) is 7.09. The van der Waals surface area contributed by atoms with Crippen molar-refractivity contribution in [3.63, 3.8) is 0 Å². The van der Waals surface area contributed by atoms with Gasteiger partial charge in [-0.2, -0.15) is 0 Å². The number of thiophene rings is 1. The van der Waals surface area contributed by atoms with Crippen molar-refractivity contribution in [2.45, 2.75) is 0 Å². The molecule has 1 nitrogen and oxygen atoms in total. The minimum atomic E-state index is 0.0333. The van der Waals surface area contributed by atoms with Gasteiger partial charge in [-0.1, -0.05) is 12.1 Å². The van der Waals surface area contributed by atoms with E-state index in [9.17, 15) is 4.79 Å². The number of hydrogen-bond donors (Lipinski definition) is 0. The van der Waals surface area contributed by atoms with Gasteiger partial charge in [0.2, 0.25) is 0 Å². The van der Waals surface area contributed by atoms with E-state index < -0.39 is 0 Å². The van der Waals surface area contributed by atoms with Crippen LogP contribution in [0.1, 0.15) is 15.2 Å². The molecule has 0 atom stereocenters. The fourth-order valence-corrected chi connectivity index (χ4v) is 2.97. The number of carbonyl (C=O) groups excluding carboxylic acids is 1. The molecule has 1 aromatic carbocycles. The maximum atomic E-state index is 11.8. The van der Waals surface area contributed by atoms with Crippen LogP contribution in [0.4, 0.5) is 0 Å². The van der Waals surface area contributed by atoms with Crippen molar-refractivity contribution in [3.8, 4) is 0 Å². The SMILES string of the molecule is O=C(/C=C/c1ccc(Br)s1)c1ccc(I)cc1. The maximum Gasteiger partial charge on any atom is 0.185 e. The van der Waals surface area contributed by atoms with Crippen LogP contribution in [0.2, 0.25) is 0 Å². The summed E-state index contributed by atoms with van der Waals surface area (Å²) in [5, 5.41) is 0. The first-order chi connectivity index (χ1) is 8.15. The summed E-state index contributed by atoms with van der Waals surface area (Å²) in [5.74, 6) is 0.0333. The molecule has 0 aliphatic heterocycles. The third-order valence-corrected chi connectivity index (χ3v) is 4.43. The second-order valence-electron chi connectivity index (χ2n) is 3.35. The van der Waals surface area contributed by atoms with Gasteiger partial charge >= 0.3 is 0 Å². The Labute approximate surface area is 126 Å². The van der Waals surface area contributed by atoms with E-state index in [2.05, 4.69) is 38.5 Å². The summed E-state index contributed by atoms with van der Waals surface area (Å²) in [6.07, 6.45) is 3.45. The highest BCUT2D eigenvalue weighted by Gasteiger charge is 2.01. The predicted octanol–water partition coefficient (Wildman–Crippen LogP) is 5.01. The molecule has 0 saturated heterocycles. The molecule has 2 rings (SSSR count). The molecule has 0 N–H and O–H groups in total. The Morgan fingerprint density at radius 2 is 1.88 bits per heavy atom. The number of carbonyl (C=O) groups is 1. The Morgan fingerprint density at radius 3 is 2.47 bits per heavy atom. The van der Waals surface area contributed by atoms with Crippen molar-refractivity contribution in [1.82, 2.24) is 0 Å². The monoisotopic (exact) mass is 418 g/mol. The molecule has 0 amide bonds. The number of halogens is 2. The molecule has 0 unspecified atom stereocenters. The van der Waals surface area contributed by atoms with Gasteiger partial charge in [0.05, 0.1) is 3.79 Å². The van der Waals surface area contributed by atoms with Gasteiger partial charge in [-0.15, -0.1) is 11.3 Å². The normalized spacial score (nSPS) is 10.9. The molecule has 0 radical (unpaired) electrons. The Balaban J connectivity index is 2.11. The van der Waals surface area contributed by atoms with Crippen molar-refractivity contribution in [3.05, 3.63) is 60.3 Å². The standard InChI is InChI=1S/C13H8BrIOS/c14-13-8-6-11(17-13)5-7-12(16)9-1-3-10(15)4-2-9/h1-8H/b7-5+.